The zero-order valence-electron chi connectivity index (χ0n) is 12.0. The minimum absolute atomic E-state index is 0.300. The number of pyridine rings is 1. The lowest BCUT2D eigenvalue weighted by atomic mass is 10.2. The lowest BCUT2D eigenvalue weighted by Gasteiger charge is -2.09. The number of hydrogen-bond donors (Lipinski definition) is 2. The van der Waals surface area contributed by atoms with Crippen LogP contribution in [-0.4, -0.2) is 17.5 Å². The monoisotopic (exact) mass is 300 g/mol. The largest absolute Gasteiger partial charge is 0.439 e. The van der Waals surface area contributed by atoms with Crippen LogP contribution >= 0.6 is 0 Å². The number of guanidine groups is 1. The van der Waals surface area contributed by atoms with Gasteiger partial charge in [-0.1, -0.05) is 18.2 Å². The van der Waals surface area contributed by atoms with E-state index < -0.39 is 0 Å². The van der Waals surface area contributed by atoms with Crippen molar-refractivity contribution in [3.63, 3.8) is 0 Å². The fraction of sp³-hybridized carbons (Fsp3) is 0.125. The maximum Gasteiger partial charge on any atom is 0.224 e. The zero-order valence-corrected chi connectivity index (χ0v) is 12.0. The van der Waals surface area contributed by atoms with Crippen LogP contribution in [0.3, 0.4) is 0 Å². The predicted molar refractivity (Wildman–Crippen MR) is 84.2 cm³/mol. The van der Waals surface area contributed by atoms with Gasteiger partial charge in [0.2, 0.25) is 5.88 Å². The fourth-order valence-corrected chi connectivity index (χ4v) is 1.68. The van der Waals surface area contributed by atoms with E-state index in [1.165, 1.54) is 12.1 Å². The molecule has 0 fully saturated rings. The molecule has 0 spiro atoms. The van der Waals surface area contributed by atoms with Crippen LogP contribution in [0.25, 0.3) is 0 Å². The first-order valence-corrected chi connectivity index (χ1v) is 6.71. The highest BCUT2D eigenvalue weighted by atomic mass is 19.1. The van der Waals surface area contributed by atoms with E-state index in [1.807, 2.05) is 6.07 Å². The number of nitrogens with one attached hydrogen (secondary N) is 1. The lowest BCUT2D eigenvalue weighted by molar-refractivity contribution is 0.452. The molecule has 2 aromatic rings. The molecule has 0 radical (unpaired) electrons. The Hall–Kier alpha value is -2.89. The van der Waals surface area contributed by atoms with Crippen molar-refractivity contribution in [1.29, 1.82) is 0 Å². The molecule has 0 bridgehead atoms. The average Bonchev–Trinajstić information content (AvgIpc) is 2.52. The van der Waals surface area contributed by atoms with Gasteiger partial charge in [-0.3, -0.25) is 0 Å². The van der Waals surface area contributed by atoms with E-state index in [4.69, 9.17) is 10.5 Å². The predicted octanol–water partition coefficient (Wildman–Crippen LogP) is 2.60. The Kier molecular flexibility index (Phi) is 5.48. The first-order valence-electron chi connectivity index (χ1n) is 6.71. The summed E-state index contributed by atoms with van der Waals surface area (Å²) in [5, 5.41) is 2.88. The van der Waals surface area contributed by atoms with Crippen molar-refractivity contribution >= 4 is 5.96 Å². The molecule has 0 aliphatic carbocycles. The van der Waals surface area contributed by atoms with Crippen molar-refractivity contribution in [3.8, 4) is 11.6 Å². The molecule has 0 saturated carbocycles. The first-order chi connectivity index (χ1) is 10.7. The molecule has 114 valence electrons. The molecule has 0 aliphatic rings. The lowest BCUT2D eigenvalue weighted by Crippen LogP contribution is -2.31. The van der Waals surface area contributed by atoms with Crippen LogP contribution in [0.4, 0.5) is 4.39 Å². The summed E-state index contributed by atoms with van der Waals surface area (Å²) >= 11 is 0. The normalized spacial score (nSPS) is 11.0. The first kappa shape index (κ1) is 15.5. The smallest absolute Gasteiger partial charge is 0.224 e. The third kappa shape index (κ3) is 4.59. The van der Waals surface area contributed by atoms with Crippen LogP contribution in [-0.2, 0) is 6.54 Å². The minimum atomic E-state index is -0.370. The van der Waals surface area contributed by atoms with Crippen LogP contribution < -0.4 is 15.8 Å². The molecule has 0 amide bonds. The van der Waals surface area contributed by atoms with Crippen molar-refractivity contribution in [3.05, 3.63) is 66.6 Å². The van der Waals surface area contributed by atoms with Crippen molar-refractivity contribution in [2.24, 2.45) is 10.7 Å². The van der Waals surface area contributed by atoms with Crippen LogP contribution in [0.1, 0.15) is 5.56 Å². The van der Waals surface area contributed by atoms with E-state index in [0.29, 0.717) is 30.7 Å². The number of aliphatic imine (C=N–C) groups is 1. The molecule has 1 aromatic carbocycles. The Morgan fingerprint density at radius 1 is 1.41 bits per heavy atom. The molecular formula is C16H17FN4O. The Bertz CT molecular complexity index is 673. The van der Waals surface area contributed by atoms with Crippen LogP contribution in [0.2, 0.25) is 0 Å². The van der Waals surface area contributed by atoms with Gasteiger partial charge in [-0.15, -0.1) is 6.58 Å². The number of ether oxygens (including phenoxy) is 1. The van der Waals surface area contributed by atoms with Gasteiger partial charge in [0.25, 0.3) is 0 Å². The molecule has 5 nitrogen and oxygen atoms in total. The quantitative estimate of drug-likeness (QED) is 0.488. The minimum Gasteiger partial charge on any atom is -0.439 e. The standard InChI is InChI=1S/C16H17FN4O/c1-2-8-20-16(18)21-11-12-5-4-9-19-15(12)22-14-7-3-6-13(17)10-14/h2-7,9-10H,1,8,11H2,(H3,18,20,21). The van der Waals surface area contributed by atoms with E-state index in [-0.39, 0.29) is 5.82 Å². The van der Waals surface area contributed by atoms with Crippen LogP contribution in [0.5, 0.6) is 11.6 Å². The summed E-state index contributed by atoms with van der Waals surface area (Å²) in [7, 11) is 0. The van der Waals surface area contributed by atoms with E-state index in [2.05, 4.69) is 21.9 Å². The summed E-state index contributed by atoms with van der Waals surface area (Å²) in [5.41, 5.74) is 6.46. The van der Waals surface area contributed by atoms with Crippen LogP contribution in [0.15, 0.2) is 60.2 Å². The van der Waals surface area contributed by atoms with Gasteiger partial charge < -0.3 is 15.8 Å². The highest BCUT2D eigenvalue weighted by Crippen LogP contribution is 2.23. The molecule has 6 heteroatoms. The molecule has 0 saturated heterocycles. The third-order valence-corrected chi connectivity index (χ3v) is 2.71. The number of nitrogens with zero attached hydrogens (tertiary/aromatic N) is 2. The molecule has 1 aromatic heterocycles. The van der Waals surface area contributed by atoms with Gasteiger partial charge in [-0.2, -0.15) is 0 Å². The van der Waals surface area contributed by atoms with E-state index in [1.54, 1.807) is 30.5 Å². The van der Waals surface area contributed by atoms with Gasteiger partial charge >= 0.3 is 0 Å². The van der Waals surface area contributed by atoms with Crippen molar-refractivity contribution in [2.45, 2.75) is 6.54 Å². The topological polar surface area (TPSA) is 72.5 Å². The number of rotatable bonds is 6. The summed E-state index contributed by atoms with van der Waals surface area (Å²) < 4.78 is 18.8. The SMILES string of the molecule is C=CCNC(N)=NCc1cccnc1Oc1cccc(F)c1. The number of nitrogens with two attached hydrogens (primary N) is 1. The number of aromatic nitrogens is 1. The maximum absolute atomic E-state index is 13.2. The molecule has 22 heavy (non-hydrogen) atoms. The third-order valence-electron chi connectivity index (χ3n) is 2.71. The Morgan fingerprint density at radius 2 is 2.27 bits per heavy atom. The van der Waals surface area contributed by atoms with Crippen LogP contribution in [0, 0.1) is 5.82 Å². The summed E-state index contributed by atoms with van der Waals surface area (Å²) in [5.74, 6) is 0.682. The molecule has 3 N–H and O–H groups in total. The second kappa shape index (κ2) is 7.78. The van der Waals surface area contributed by atoms with Gasteiger partial charge in [-0.05, 0) is 18.2 Å². The number of halogens is 1. The maximum atomic E-state index is 13.2. The molecule has 1 heterocycles. The highest BCUT2D eigenvalue weighted by Gasteiger charge is 2.06. The molecule has 0 aliphatic heterocycles. The second-order valence-electron chi connectivity index (χ2n) is 4.40. The van der Waals surface area contributed by atoms with Gasteiger partial charge in [0, 0.05) is 24.4 Å². The fourth-order valence-electron chi connectivity index (χ4n) is 1.68. The average molecular weight is 300 g/mol. The molecule has 0 atom stereocenters. The van der Waals surface area contributed by atoms with Crippen molar-refractivity contribution < 1.29 is 9.13 Å². The molecule has 2 rings (SSSR count). The van der Waals surface area contributed by atoms with Crippen molar-refractivity contribution in [1.82, 2.24) is 10.3 Å². The Labute approximate surface area is 128 Å². The van der Waals surface area contributed by atoms with E-state index in [0.717, 1.165) is 5.56 Å². The number of hydrogen-bond acceptors (Lipinski definition) is 3. The van der Waals surface area contributed by atoms with Gasteiger partial charge in [0.1, 0.15) is 11.6 Å². The van der Waals surface area contributed by atoms with E-state index in [9.17, 15) is 4.39 Å². The summed E-state index contributed by atoms with van der Waals surface area (Å²) in [6.45, 7) is 4.42. The summed E-state index contributed by atoms with van der Waals surface area (Å²) in [6.07, 6.45) is 3.28. The highest BCUT2D eigenvalue weighted by molar-refractivity contribution is 5.77. The molecular weight excluding hydrogens is 283 g/mol. The van der Waals surface area contributed by atoms with Crippen molar-refractivity contribution in [2.75, 3.05) is 6.54 Å². The summed E-state index contributed by atoms with van der Waals surface area (Å²) in [6, 6.07) is 9.47. The number of benzene rings is 1. The van der Waals surface area contributed by atoms with E-state index >= 15 is 0 Å². The molecule has 0 unspecified atom stereocenters. The Balaban J connectivity index is 2.11. The van der Waals surface area contributed by atoms with Gasteiger partial charge in [-0.25, -0.2) is 14.4 Å². The zero-order chi connectivity index (χ0) is 15.8. The van der Waals surface area contributed by atoms with Gasteiger partial charge in [0.05, 0.1) is 6.54 Å². The second-order valence-corrected chi connectivity index (χ2v) is 4.40. The Morgan fingerprint density at radius 3 is 3.05 bits per heavy atom. The van der Waals surface area contributed by atoms with Gasteiger partial charge in [0.15, 0.2) is 5.96 Å². The summed E-state index contributed by atoms with van der Waals surface area (Å²) in [4.78, 5) is 8.35.